The number of carbonyl (C=O) groups is 1. The summed E-state index contributed by atoms with van der Waals surface area (Å²) in [6.45, 7) is 7.74. The number of nitrogens with one attached hydrogen (secondary N) is 1. The first-order valence-corrected chi connectivity index (χ1v) is 7.22. The zero-order valence-electron chi connectivity index (χ0n) is 12.1. The Morgan fingerprint density at radius 3 is 3.15 bits per heavy atom. The molecule has 5 heteroatoms. The Morgan fingerprint density at radius 2 is 2.45 bits per heavy atom. The van der Waals surface area contributed by atoms with Crippen LogP contribution >= 0.6 is 0 Å². The highest BCUT2D eigenvalue weighted by atomic mass is 16.5. The van der Waals surface area contributed by atoms with Crippen molar-refractivity contribution in [2.45, 2.75) is 26.4 Å². The highest BCUT2D eigenvalue weighted by Gasteiger charge is 2.55. The molecule has 110 valence electrons. The Labute approximate surface area is 119 Å². The summed E-state index contributed by atoms with van der Waals surface area (Å²) in [5.41, 5.74) is 0.791. The van der Waals surface area contributed by atoms with Crippen LogP contribution in [0.15, 0.2) is 23.0 Å². The maximum Gasteiger partial charge on any atom is 0.230 e. The lowest BCUT2D eigenvalue weighted by Crippen LogP contribution is -2.48. The molecule has 2 atom stereocenters. The lowest BCUT2D eigenvalue weighted by atomic mass is 9.80. The summed E-state index contributed by atoms with van der Waals surface area (Å²) in [7, 11) is 0. The molecule has 1 aromatic heterocycles. The molecule has 0 bridgehead atoms. The van der Waals surface area contributed by atoms with E-state index in [0.29, 0.717) is 19.1 Å². The molecule has 20 heavy (non-hydrogen) atoms. The quantitative estimate of drug-likeness (QED) is 0.900. The number of furan rings is 1. The Morgan fingerprint density at radius 1 is 1.60 bits per heavy atom. The predicted molar refractivity (Wildman–Crippen MR) is 74.0 cm³/mol. The number of ether oxygens (including phenoxy) is 1. The van der Waals surface area contributed by atoms with Crippen molar-refractivity contribution in [2.75, 3.05) is 26.3 Å². The number of carbonyl (C=O) groups excluding carboxylic acids is 1. The molecule has 3 heterocycles. The first-order chi connectivity index (χ1) is 9.60. The van der Waals surface area contributed by atoms with Gasteiger partial charge in [0, 0.05) is 37.2 Å². The van der Waals surface area contributed by atoms with Gasteiger partial charge < -0.3 is 14.5 Å². The molecular formula is C15H22N2O3. The maximum atomic E-state index is 12.6. The Bertz CT molecular complexity index is 471. The van der Waals surface area contributed by atoms with Crippen LogP contribution in [0.4, 0.5) is 0 Å². The van der Waals surface area contributed by atoms with Gasteiger partial charge in [-0.3, -0.25) is 9.69 Å². The monoisotopic (exact) mass is 278 g/mol. The van der Waals surface area contributed by atoms with E-state index < -0.39 is 0 Å². The van der Waals surface area contributed by atoms with E-state index in [1.54, 1.807) is 12.5 Å². The van der Waals surface area contributed by atoms with Crippen LogP contribution in [0.5, 0.6) is 0 Å². The van der Waals surface area contributed by atoms with Gasteiger partial charge in [0.25, 0.3) is 0 Å². The van der Waals surface area contributed by atoms with Crippen molar-refractivity contribution < 1.29 is 13.9 Å². The van der Waals surface area contributed by atoms with E-state index in [1.807, 2.05) is 19.9 Å². The number of rotatable bonds is 4. The molecule has 2 fully saturated rings. The molecule has 2 aliphatic heterocycles. The van der Waals surface area contributed by atoms with Crippen LogP contribution in [0.25, 0.3) is 0 Å². The van der Waals surface area contributed by atoms with Gasteiger partial charge in [-0.1, -0.05) is 0 Å². The minimum Gasteiger partial charge on any atom is -0.472 e. The summed E-state index contributed by atoms with van der Waals surface area (Å²) in [6, 6.07) is 2.15. The van der Waals surface area contributed by atoms with Gasteiger partial charge in [0.2, 0.25) is 5.91 Å². The van der Waals surface area contributed by atoms with Crippen LogP contribution in [-0.2, 0) is 16.1 Å². The van der Waals surface area contributed by atoms with Crippen molar-refractivity contribution in [3.05, 3.63) is 24.2 Å². The summed E-state index contributed by atoms with van der Waals surface area (Å²) >= 11 is 0. The van der Waals surface area contributed by atoms with E-state index in [0.717, 1.165) is 25.2 Å². The van der Waals surface area contributed by atoms with E-state index in [2.05, 4.69) is 10.2 Å². The third-order valence-corrected chi connectivity index (χ3v) is 4.30. The fraction of sp³-hybridized carbons (Fsp3) is 0.667. The molecular weight excluding hydrogens is 256 g/mol. The van der Waals surface area contributed by atoms with E-state index in [4.69, 9.17) is 9.15 Å². The summed E-state index contributed by atoms with van der Waals surface area (Å²) in [4.78, 5) is 14.9. The molecule has 0 radical (unpaired) electrons. The van der Waals surface area contributed by atoms with Gasteiger partial charge in [0.05, 0.1) is 31.2 Å². The summed E-state index contributed by atoms with van der Waals surface area (Å²) in [5.74, 6) is 0.442. The van der Waals surface area contributed by atoms with Gasteiger partial charge in [-0.2, -0.15) is 0 Å². The fourth-order valence-corrected chi connectivity index (χ4v) is 3.33. The van der Waals surface area contributed by atoms with Crippen molar-refractivity contribution in [3.8, 4) is 0 Å². The standard InChI is InChI=1S/C15H22N2O3/c1-11(2)16-14(18)15-9-17(5-12-3-4-19-7-12)6-13(15)8-20-10-15/h3-4,7,11,13H,5-6,8-10H2,1-2H3,(H,16,18)/t13-,15-/m1/s1. The van der Waals surface area contributed by atoms with Crippen molar-refractivity contribution in [1.82, 2.24) is 10.2 Å². The zero-order chi connectivity index (χ0) is 14.2. The van der Waals surface area contributed by atoms with E-state index in [-0.39, 0.29) is 17.4 Å². The minimum atomic E-state index is -0.367. The minimum absolute atomic E-state index is 0.143. The van der Waals surface area contributed by atoms with E-state index in [9.17, 15) is 4.79 Å². The lowest BCUT2D eigenvalue weighted by molar-refractivity contribution is -0.132. The Kier molecular flexibility index (Phi) is 3.56. The summed E-state index contributed by atoms with van der Waals surface area (Å²) in [5, 5.41) is 3.06. The SMILES string of the molecule is CC(C)NC(=O)[C@]12COC[C@H]1CN(Cc1ccoc1)C2. The number of fused-ring (bicyclic) bond motifs is 1. The predicted octanol–water partition coefficient (Wildman–Crippen LogP) is 1.25. The molecule has 2 saturated heterocycles. The van der Waals surface area contributed by atoms with Crippen LogP contribution in [0.1, 0.15) is 19.4 Å². The molecule has 1 aromatic rings. The first-order valence-electron chi connectivity index (χ1n) is 7.22. The number of likely N-dealkylation sites (tertiary alicyclic amines) is 1. The number of hydrogen-bond donors (Lipinski definition) is 1. The fourth-order valence-electron chi connectivity index (χ4n) is 3.33. The van der Waals surface area contributed by atoms with Gasteiger partial charge in [-0.05, 0) is 19.9 Å². The van der Waals surface area contributed by atoms with Crippen LogP contribution in [0.3, 0.4) is 0 Å². The van der Waals surface area contributed by atoms with Crippen molar-refractivity contribution >= 4 is 5.91 Å². The molecule has 1 N–H and O–H groups in total. The largest absolute Gasteiger partial charge is 0.472 e. The molecule has 0 aliphatic carbocycles. The second-order valence-corrected chi connectivity index (χ2v) is 6.30. The van der Waals surface area contributed by atoms with Gasteiger partial charge in [-0.25, -0.2) is 0 Å². The number of nitrogens with zero attached hydrogens (tertiary/aromatic N) is 1. The van der Waals surface area contributed by atoms with E-state index >= 15 is 0 Å². The maximum absolute atomic E-state index is 12.6. The third-order valence-electron chi connectivity index (χ3n) is 4.30. The normalized spacial score (nSPS) is 29.9. The second kappa shape index (κ2) is 5.22. The van der Waals surface area contributed by atoms with E-state index in [1.165, 1.54) is 0 Å². The molecule has 5 nitrogen and oxygen atoms in total. The first kappa shape index (κ1) is 13.6. The highest BCUT2D eigenvalue weighted by Crippen LogP contribution is 2.42. The summed E-state index contributed by atoms with van der Waals surface area (Å²) in [6.07, 6.45) is 3.46. The lowest BCUT2D eigenvalue weighted by Gasteiger charge is -2.27. The molecule has 0 spiro atoms. The van der Waals surface area contributed by atoms with Crippen molar-refractivity contribution in [1.29, 1.82) is 0 Å². The zero-order valence-corrected chi connectivity index (χ0v) is 12.1. The Balaban J connectivity index is 1.71. The molecule has 1 amide bonds. The number of amides is 1. The van der Waals surface area contributed by atoms with Crippen LogP contribution in [-0.4, -0.2) is 43.2 Å². The molecule has 0 saturated carbocycles. The second-order valence-electron chi connectivity index (χ2n) is 6.30. The van der Waals surface area contributed by atoms with Gasteiger partial charge in [-0.15, -0.1) is 0 Å². The van der Waals surface area contributed by atoms with Crippen LogP contribution in [0.2, 0.25) is 0 Å². The molecule has 0 aromatic carbocycles. The third kappa shape index (κ3) is 2.36. The average molecular weight is 278 g/mol. The Hall–Kier alpha value is -1.33. The van der Waals surface area contributed by atoms with Crippen molar-refractivity contribution in [2.24, 2.45) is 11.3 Å². The topological polar surface area (TPSA) is 54.7 Å². The summed E-state index contributed by atoms with van der Waals surface area (Å²) < 4.78 is 10.7. The molecule has 3 rings (SSSR count). The van der Waals surface area contributed by atoms with Crippen molar-refractivity contribution in [3.63, 3.8) is 0 Å². The van der Waals surface area contributed by atoms with Gasteiger partial charge >= 0.3 is 0 Å². The highest BCUT2D eigenvalue weighted by molar-refractivity contribution is 5.84. The molecule has 2 aliphatic rings. The molecule has 0 unspecified atom stereocenters. The smallest absolute Gasteiger partial charge is 0.230 e. The van der Waals surface area contributed by atoms with Gasteiger partial charge in [0.1, 0.15) is 0 Å². The number of hydrogen-bond acceptors (Lipinski definition) is 4. The van der Waals surface area contributed by atoms with Crippen LogP contribution in [0, 0.1) is 11.3 Å². The van der Waals surface area contributed by atoms with Gasteiger partial charge in [0.15, 0.2) is 0 Å². The van der Waals surface area contributed by atoms with Crippen LogP contribution < -0.4 is 5.32 Å². The average Bonchev–Trinajstić information content (AvgIpc) is 3.03.